The van der Waals surface area contributed by atoms with Crippen molar-refractivity contribution in [1.82, 2.24) is 5.32 Å². The molecule has 0 aromatic heterocycles. The van der Waals surface area contributed by atoms with Gasteiger partial charge in [0.05, 0.1) is 0 Å². The van der Waals surface area contributed by atoms with Crippen LogP contribution in [-0.2, 0) is 6.42 Å². The smallest absolute Gasteiger partial charge is 0.0231 e. The molecule has 0 saturated heterocycles. The zero-order valence-electron chi connectivity index (χ0n) is 42.7. The lowest BCUT2D eigenvalue weighted by Crippen LogP contribution is -2.03. The van der Waals surface area contributed by atoms with Crippen LogP contribution in [0.25, 0.3) is 16.7 Å². The number of nitrogens with one attached hydrogen (secondary N) is 1. The predicted molar refractivity (Wildman–Crippen MR) is 313 cm³/mol. The number of rotatable bonds is 14. The second-order valence-electron chi connectivity index (χ2n) is 17.0. The Balaban J connectivity index is 0.000000543. The molecule has 0 radical (unpaired) electrons. The molecule has 0 aliphatic heterocycles. The van der Waals surface area contributed by atoms with Crippen molar-refractivity contribution in [1.29, 1.82) is 0 Å². The van der Waals surface area contributed by atoms with Gasteiger partial charge >= 0.3 is 0 Å². The van der Waals surface area contributed by atoms with E-state index in [1.165, 1.54) is 81.4 Å². The molecule has 2 aliphatic rings. The maximum Gasteiger partial charge on any atom is 0.0231 e. The van der Waals surface area contributed by atoms with Crippen LogP contribution >= 0.6 is 0 Å². The number of benzene rings is 6. The summed E-state index contributed by atoms with van der Waals surface area (Å²) in [5, 5.41) is 2.96. The minimum atomic E-state index is 0.190. The Morgan fingerprint density at radius 2 is 1.10 bits per heavy atom. The van der Waals surface area contributed by atoms with E-state index in [2.05, 4.69) is 280 Å². The lowest BCUT2D eigenvalue weighted by atomic mass is 9.84. The first-order valence-electron chi connectivity index (χ1n) is 25.5. The molecule has 360 valence electrons. The first-order valence-corrected chi connectivity index (χ1v) is 25.5. The van der Waals surface area contributed by atoms with Crippen molar-refractivity contribution in [3.05, 3.63) is 330 Å². The summed E-state index contributed by atoms with van der Waals surface area (Å²) in [6.07, 6.45) is 38.7. The summed E-state index contributed by atoms with van der Waals surface area (Å²) in [4.78, 5) is 0. The molecule has 1 N–H and O–H groups in total. The highest BCUT2D eigenvalue weighted by molar-refractivity contribution is 6.08. The Hall–Kier alpha value is -7.74. The van der Waals surface area contributed by atoms with E-state index >= 15 is 0 Å². The standard InChI is InChI=1S/C56H52.C10H13N.C2H6.C2H4/c1-44(46-26-10-3-11-27-46)52-40-41-55(50-34-18-7-19-35-50)56(51-36-20-8-21-37-51)43-53(47-28-12-4-13-29-47)38-23-25-45(42-52)24-9-2-22-39-54(48-30-14-5-15-31-48)49-32-16-6-17-33-49;1-11-9-5-8-10-6-3-2-4-7-10;2*1-2/h2-5,7-15,18-23,25-32,34-44,54H,6,16-17,24,33H2,1H3;2-7,9,11H,8H2,1H3;1-2H3;1-2H2/b9-2-,25-23+,38-23?,39-22-,41-40?,45-25?,45-42-,52-40+,52-42?,53-38-,53-43?,55-41-,56-43-,56-55?;9-5-;;. The fourth-order valence-electron chi connectivity index (χ4n) is 8.64. The van der Waals surface area contributed by atoms with Crippen LogP contribution in [0, 0.1) is 0 Å². The molecule has 71 heavy (non-hydrogen) atoms. The molecule has 1 nitrogen and oxygen atoms in total. The maximum atomic E-state index is 3.00. The van der Waals surface area contributed by atoms with Gasteiger partial charge in [-0.25, -0.2) is 0 Å². The second kappa shape index (κ2) is 32.1. The minimum absolute atomic E-state index is 0.190. The molecule has 0 saturated carbocycles. The Kier molecular flexibility index (Phi) is 24.5. The predicted octanol–water partition coefficient (Wildman–Crippen LogP) is 19.0. The van der Waals surface area contributed by atoms with E-state index in [1.807, 2.05) is 33.2 Å². The van der Waals surface area contributed by atoms with Crippen LogP contribution in [0.2, 0.25) is 0 Å². The normalized spacial score (nSPS) is 18.8. The minimum Gasteiger partial charge on any atom is -0.394 e. The van der Waals surface area contributed by atoms with Crippen molar-refractivity contribution in [2.24, 2.45) is 0 Å². The molecule has 0 bridgehead atoms. The van der Waals surface area contributed by atoms with Crippen LogP contribution in [0.5, 0.6) is 0 Å². The summed E-state index contributed by atoms with van der Waals surface area (Å²) in [7, 11) is 1.90. The third kappa shape index (κ3) is 17.9. The number of hydrogen-bond acceptors (Lipinski definition) is 1. The van der Waals surface area contributed by atoms with Crippen molar-refractivity contribution < 1.29 is 0 Å². The third-order valence-electron chi connectivity index (χ3n) is 12.3. The van der Waals surface area contributed by atoms with Gasteiger partial charge in [-0.3, -0.25) is 0 Å². The van der Waals surface area contributed by atoms with Crippen molar-refractivity contribution in [3.8, 4) is 0 Å². The summed E-state index contributed by atoms with van der Waals surface area (Å²) in [5.74, 6) is 0.512. The zero-order valence-corrected chi connectivity index (χ0v) is 42.7. The molecule has 0 fully saturated rings. The first-order chi connectivity index (χ1) is 35.2. The Bertz CT molecular complexity index is 2740. The van der Waals surface area contributed by atoms with Crippen molar-refractivity contribution in [3.63, 3.8) is 0 Å². The lowest BCUT2D eigenvalue weighted by Gasteiger charge is -2.21. The summed E-state index contributed by atoms with van der Waals surface area (Å²) in [6, 6.07) is 64.6. The molecule has 0 heterocycles. The fraction of sp³-hybridized carbons (Fsp3) is 0.171. The molecule has 6 aromatic carbocycles. The van der Waals surface area contributed by atoms with Crippen molar-refractivity contribution >= 4 is 16.7 Å². The van der Waals surface area contributed by atoms with E-state index in [9.17, 15) is 0 Å². The van der Waals surface area contributed by atoms with Crippen molar-refractivity contribution in [2.75, 3.05) is 7.05 Å². The quantitative estimate of drug-likeness (QED) is 0.0848. The second-order valence-corrected chi connectivity index (χ2v) is 17.0. The van der Waals surface area contributed by atoms with Gasteiger partial charge in [-0.15, -0.1) is 13.2 Å². The highest BCUT2D eigenvalue weighted by Crippen LogP contribution is 2.37. The summed E-state index contributed by atoms with van der Waals surface area (Å²) in [6.45, 7) is 12.3. The molecule has 2 atom stereocenters. The molecular weight excluding hydrogens is 855 g/mol. The number of hydrogen-bond donors (Lipinski definition) is 1. The summed E-state index contributed by atoms with van der Waals surface area (Å²) >= 11 is 0. The Morgan fingerprint density at radius 3 is 1.68 bits per heavy atom. The number of allylic oxidation sites excluding steroid dienone is 19. The highest BCUT2D eigenvalue weighted by atomic mass is 14.8. The van der Waals surface area contributed by atoms with Gasteiger partial charge in [0.1, 0.15) is 0 Å². The molecular formula is C70H75N. The van der Waals surface area contributed by atoms with Gasteiger partial charge in [-0.2, -0.15) is 0 Å². The van der Waals surface area contributed by atoms with Gasteiger partial charge < -0.3 is 5.32 Å². The third-order valence-corrected chi connectivity index (χ3v) is 12.3. The average Bonchev–Trinajstić information content (AvgIpc) is 3.45. The molecule has 0 amide bonds. The van der Waals surface area contributed by atoms with E-state index in [0.29, 0.717) is 5.92 Å². The topological polar surface area (TPSA) is 12.0 Å². The lowest BCUT2D eigenvalue weighted by molar-refractivity contribution is 0.672. The largest absolute Gasteiger partial charge is 0.394 e. The van der Waals surface area contributed by atoms with Crippen LogP contribution < -0.4 is 5.32 Å². The van der Waals surface area contributed by atoms with Gasteiger partial charge in [0, 0.05) is 18.9 Å². The van der Waals surface area contributed by atoms with Crippen molar-refractivity contribution in [2.45, 2.75) is 71.1 Å². The van der Waals surface area contributed by atoms with Crippen LogP contribution in [0.4, 0.5) is 0 Å². The molecule has 2 unspecified atom stereocenters. The fourth-order valence-corrected chi connectivity index (χ4v) is 8.64. The SMILES string of the molecule is C=C.CC.CC(C1=C/C=C(c2ccccc2)\C(c2ccccc2)=C/C(c2ccccc2)=C/C=C/C(C/C=C\C=C/C(C2=CCCCC2)c2ccccc2)=C\1)c1ccccc1.CN/C=C\Cc1ccccc1. The van der Waals surface area contributed by atoms with Crippen LogP contribution in [0.1, 0.15) is 98.1 Å². The van der Waals surface area contributed by atoms with Gasteiger partial charge in [0.15, 0.2) is 0 Å². The molecule has 2 aliphatic carbocycles. The average molecular weight is 930 g/mol. The molecule has 1 heteroatoms. The van der Waals surface area contributed by atoms with Gasteiger partial charge in [-0.1, -0.05) is 281 Å². The van der Waals surface area contributed by atoms with E-state index in [0.717, 1.165) is 18.4 Å². The monoisotopic (exact) mass is 930 g/mol. The van der Waals surface area contributed by atoms with E-state index in [1.54, 1.807) is 5.57 Å². The maximum absolute atomic E-state index is 3.00. The molecule has 0 spiro atoms. The summed E-state index contributed by atoms with van der Waals surface area (Å²) in [5.41, 5.74) is 15.2. The van der Waals surface area contributed by atoms with E-state index in [4.69, 9.17) is 0 Å². The van der Waals surface area contributed by atoms with Gasteiger partial charge in [0.2, 0.25) is 0 Å². The van der Waals surface area contributed by atoms with Crippen LogP contribution in [-0.4, -0.2) is 7.05 Å². The van der Waals surface area contributed by atoms with Crippen LogP contribution in [0.3, 0.4) is 0 Å². The van der Waals surface area contributed by atoms with Gasteiger partial charge in [-0.05, 0) is 112 Å². The van der Waals surface area contributed by atoms with Crippen LogP contribution in [0.15, 0.2) is 297 Å². The Morgan fingerprint density at radius 1 is 0.549 bits per heavy atom. The molecule has 6 aromatic rings. The van der Waals surface area contributed by atoms with E-state index < -0.39 is 0 Å². The Labute approximate surface area is 428 Å². The van der Waals surface area contributed by atoms with Gasteiger partial charge in [0.25, 0.3) is 0 Å². The first kappa shape index (κ1) is 54.2. The molecule has 8 rings (SSSR count). The summed E-state index contributed by atoms with van der Waals surface area (Å²) < 4.78 is 0. The van der Waals surface area contributed by atoms with E-state index in [-0.39, 0.29) is 5.92 Å². The zero-order chi connectivity index (χ0) is 50.1. The highest BCUT2D eigenvalue weighted by Gasteiger charge is 2.17.